The van der Waals surface area contributed by atoms with Crippen LogP contribution in [-0.2, 0) is 20.1 Å². The van der Waals surface area contributed by atoms with Crippen LogP contribution in [0.5, 0.6) is 0 Å². The van der Waals surface area contributed by atoms with Gasteiger partial charge in [0.05, 0.1) is 0 Å². The van der Waals surface area contributed by atoms with Gasteiger partial charge in [-0.1, -0.05) is 30.3 Å². The molecule has 1 aromatic heterocycles. The van der Waals surface area contributed by atoms with E-state index in [4.69, 9.17) is 0 Å². The molecule has 1 aromatic carbocycles. The molecule has 0 bridgehead atoms. The van der Waals surface area contributed by atoms with Crippen molar-refractivity contribution in [3.63, 3.8) is 0 Å². The highest BCUT2D eigenvalue weighted by Crippen LogP contribution is 2.01. The average molecular weight is 237 g/mol. The van der Waals surface area contributed by atoms with Crippen molar-refractivity contribution >= 4 is 12.4 Å². The summed E-state index contributed by atoms with van der Waals surface area (Å²) < 4.78 is 2.14. The summed E-state index contributed by atoms with van der Waals surface area (Å²) in [4.78, 5) is 0. The first-order valence-corrected chi connectivity index (χ1v) is 5.21. The molecular weight excluding hydrogens is 220 g/mol. The van der Waals surface area contributed by atoms with Crippen molar-refractivity contribution in [3.05, 3.63) is 59.9 Å². The molecule has 0 amide bonds. The first-order valence-electron chi connectivity index (χ1n) is 5.21. The van der Waals surface area contributed by atoms with E-state index in [2.05, 4.69) is 59.5 Å². The molecule has 16 heavy (non-hydrogen) atoms. The number of rotatable bonds is 4. The molecule has 2 aromatic rings. The summed E-state index contributed by atoms with van der Waals surface area (Å²) in [6, 6.07) is 14.7. The Balaban J connectivity index is 0.00000128. The van der Waals surface area contributed by atoms with E-state index in [0.29, 0.717) is 0 Å². The maximum Gasteiger partial charge on any atom is 0.0362 e. The summed E-state index contributed by atoms with van der Waals surface area (Å²) >= 11 is 0. The van der Waals surface area contributed by atoms with Crippen molar-refractivity contribution in [3.8, 4) is 0 Å². The molecule has 0 saturated carbocycles. The third kappa shape index (κ3) is 3.40. The predicted octanol–water partition coefficient (Wildman–Crippen LogP) is 2.74. The Hall–Kier alpha value is -1.25. The summed E-state index contributed by atoms with van der Waals surface area (Å²) in [5.74, 6) is 0. The van der Waals surface area contributed by atoms with Crippen molar-refractivity contribution in [2.45, 2.75) is 13.1 Å². The molecule has 0 saturated heterocycles. The van der Waals surface area contributed by atoms with Gasteiger partial charge in [0.15, 0.2) is 0 Å². The fourth-order valence-electron chi connectivity index (χ4n) is 1.61. The maximum atomic E-state index is 3.42. The van der Waals surface area contributed by atoms with E-state index in [1.165, 1.54) is 11.3 Å². The Kier molecular flexibility index (Phi) is 5.09. The van der Waals surface area contributed by atoms with Crippen LogP contribution < -0.4 is 5.32 Å². The molecule has 0 spiro atoms. The first-order chi connectivity index (χ1) is 7.36. The van der Waals surface area contributed by atoms with Gasteiger partial charge in [-0.15, -0.1) is 12.4 Å². The van der Waals surface area contributed by atoms with Gasteiger partial charge < -0.3 is 9.88 Å². The van der Waals surface area contributed by atoms with Gasteiger partial charge in [-0.05, 0) is 17.7 Å². The topological polar surface area (TPSA) is 17.0 Å². The fraction of sp³-hybridized carbons (Fsp3) is 0.231. The number of hydrogen-bond acceptors (Lipinski definition) is 1. The van der Waals surface area contributed by atoms with E-state index in [1.54, 1.807) is 0 Å². The van der Waals surface area contributed by atoms with Crippen LogP contribution in [0.25, 0.3) is 0 Å². The van der Waals surface area contributed by atoms with Crippen molar-refractivity contribution in [2.24, 2.45) is 7.05 Å². The van der Waals surface area contributed by atoms with Gasteiger partial charge in [0.1, 0.15) is 0 Å². The molecule has 0 atom stereocenters. The van der Waals surface area contributed by atoms with Gasteiger partial charge in [0, 0.05) is 32.0 Å². The number of halogens is 1. The molecule has 0 unspecified atom stereocenters. The fourth-order valence-corrected chi connectivity index (χ4v) is 1.61. The van der Waals surface area contributed by atoms with Gasteiger partial charge >= 0.3 is 0 Å². The largest absolute Gasteiger partial charge is 0.353 e. The smallest absolute Gasteiger partial charge is 0.0362 e. The summed E-state index contributed by atoms with van der Waals surface area (Å²) in [6.45, 7) is 1.84. The summed E-state index contributed by atoms with van der Waals surface area (Å²) in [5.41, 5.74) is 2.64. The summed E-state index contributed by atoms with van der Waals surface area (Å²) in [7, 11) is 2.07. The quantitative estimate of drug-likeness (QED) is 0.864. The Bertz CT molecular complexity index is 409. The lowest BCUT2D eigenvalue weighted by molar-refractivity contribution is 0.655. The second-order valence-corrected chi connectivity index (χ2v) is 3.70. The second kappa shape index (κ2) is 6.36. The molecule has 1 N–H and O–H groups in total. The molecule has 2 nitrogen and oxygen atoms in total. The van der Waals surface area contributed by atoms with Crippen molar-refractivity contribution in [1.29, 1.82) is 0 Å². The number of hydrogen-bond donors (Lipinski definition) is 1. The average Bonchev–Trinajstić information content (AvgIpc) is 2.66. The van der Waals surface area contributed by atoms with E-state index in [-0.39, 0.29) is 12.4 Å². The molecule has 0 radical (unpaired) electrons. The first kappa shape index (κ1) is 12.8. The third-order valence-electron chi connectivity index (χ3n) is 2.53. The molecule has 3 heteroatoms. The standard InChI is InChI=1S/C13H16N2.ClH/c1-15-9-5-8-13(15)11-14-10-12-6-3-2-4-7-12;/h2-9,14H,10-11H2,1H3;1H. The highest BCUT2D eigenvalue weighted by Gasteiger charge is 1.96. The minimum atomic E-state index is 0. The zero-order chi connectivity index (χ0) is 10.5. The van der Waals surface area contributed by atoms with Crippen LogP contribution in [0, 0.1) is 0 Å². The second-order valence-electron chi connectivity index (χ2n) is 3.70. The third-order valence-corrected chi connectivity index (χ3v) is 2.53. The molecule has 2 rings (SSSR count). The van der Waals surface area contributed by atoms with Gasteiger partial charge in [0.25, 0.3) is 0 Å². The lowest BCUT2D eigenvalue weighted by Gasteiger charge is -2.05. The van der Waals surface area contributed by atoms with Gasteiger partial charge in [-0.3, -0.25) is 0 Å². The van der Waals surface area contributed by atoms with E-state index in [9.17, 15) is 0 Å². The van der Waals surface area contributed by atoms with Crippen molar-refractivity contribution in [1.82, 2.24) is 9.88 Å². The predicted molar refractivity (Wildman–Crippen MR) is 69.6 cm³/mol. The highest BCUT2D eigenvalue weighted by atomic mass is 35.5. The number of aryl methyl sites for hydroxylation is 1. The molecule has 0 aliphatic carbocycles. The van der Waals surface area contributed by atoms with Crippen LogP contribution in [0.2, 0.25) is 0 Å². The molecular formula is C13H17ClN2. The SMILES string of the molecule is Cl.Cn1cccc1CNCc1ccccc1. The summed E-state index contributed by atoms with van der Waals surface area (Å²) in [6.07, 6.45) is 2.07. The zero-order valence-electron chi connectivity index (χ0n) is 9.39. The lowest BCUT2D eigenvalue weighted by Crippen LogP contribution is -2.14. The number of nitrogens with zero attached hydrogens (tertiary/aromatic N) is 1. The van der Waals surface area contributed by atoms with Crippen LogP contribution in [0.3, 0.4) is 0 Å². The summed E-state index contributed by atoms with van der Waals surface area (Å²) in [5, 5.41) is 3.42. The molecule has 0 fully saturated rings. The highest BCUT2D eigenvalue weighted by molar-refractivity contribution is 5.85. The van der Waals surface area contributed by atoms with Gasteiger partial charge in [0.2, 0.25) is 0 Å². The maximum absolute atomic E-state index is 3.42. The van der Waals surface area contributed by atoms with Crippen LogP contribution >= 0.6 is 12.4 Å². The molecule has 86 valence electrons. The van der Waals surface area contributed by atoms with E-state index < -0.39 is 0 Å². The van der Waals surface area contributed by atoms with Gasteiger partial charge in [-0.2, -0.15) is 0 Å². The Morgan fingerprint density at radius 1 is 1.00 bits per heavy atom. The minimum Gasteiger partial charge on any atom is -0.353 e. The van der Waals surface area contributed by atoms with E-state index >= 15 is 0 Å². The lowest BCUT2D eigenvalue weighted by atomic mass is 10.2. The van der Waals surface area contributed by atoms with Crippen LogP contribution in [0.15, 0.2) is 48.7 Å². The van der Waals surface area contributed by atoms with Crippen LogP contribution in [0.1, 0.15) is 11.3 Å². The van der Waals surface area contributed by atoms with Gasteiger partial charge in [-0.25, -0.2) is 0 Å². The number of benzene rings is 1. The Morgan fingerprint density at radius 3 is 2.38 bits per heavy atom. The molecule has 0 aliphatic heterocycles. The van der Waals surface area contributed by atoms with E-state index in [0.717, 1.165) is 13.1 Å². The zero-order valence-corrected chi connectivity index (χ0v) is 10.2. The monoisotopic (exact) mass is 236 g/mol. The Labute approximate surface area is 103 Å². The number of aromatic nitrogens is 1. The van der Waals surface area contributed by atoms with Crippen LogP contribution in [-0.4, -0.2) is 4.57 Å². The van der Waals surface area contributed by atoms with Crippen molar-refractivity contribution in [2.75, 3.05) is 0 Å². The number of nitrogens with one attached hydrogen (secondary N) is 1. The molecule has 1 heterocycles. The van der Waals surface area contributed by atoms with E-state index in [1.807, 2.05) is 6.07 Å². The normalized spacial score (nSPS) is 9.81. The molecule has 0 aliphatic rings. The van der Waals surface area contributed by atoms with Crippen LogP contribution in [0.4, 0.5) is 0 Å². The minimum absolute atomic E-state index is 0. The Morgan fingerprint density at radius 2 is 1.75 bits per heavy atom. The van der Waals surface area contributed by atoms with Crippen molar-refractivity contribution < 1.29 is 0 Å².